The van der Waals surface area contributed by atoms with Gasteiger partial charge >= 0.3 is 0 Å². The van der Waals surface area contributed by atoms with Crippen molar-refractivity contribution >= 4 is 22.9 Å². The molecule has 3 N–H and O–H groups in total. The van der Waals surface area contributed by atoms with Crippen LogP contribution in [0.15, 0.2) is 29.9 Å². The molecule has 2 aromatic rings. The molecule has 1 atom stereocenters. The van der Waals surface area contributed by atoms with Gasteiger partial charge in [0.05, 0.1) is 17.3 Å². The molecule has 0 aliphatic carbocycles. The van der Waals surface area contributed by atoms with Gasteiger partial charge in [-0.2, -0.15) is 0 Å². The SMILES string of the molecule is NNC(c1cncc(F)c1)c1sccc1Cl. The molecule has 2 aromatic heterocycles. The van der Waals surface area contributed by atoms with Crippen LogP contribution in [0.2, 0.25) is 5.02 Å². The van der Waals surface area contributed by atoms with Gasteiger partial charge < -0.3 is 0 Å². The highest BCUT2D eigenvalue weighted by Crippen LogP contribution is 2.32. The van der Waals surface area contributed by atoms with Crippen LogP contribution in [0, 0.1) is 5.82 Å². The fourth-order valence-corrected chi connectivity index (χ4v) is 2.67. The van der Waals surface area contributed by atoms with Crippen LogP contribution in [0.5, 0.6) is 0 Å². The molecule has 0 bridgehead atoms. The van der Waals surface area contributed by atoms with Crippen molar-refractivity contribution in [3.8, 4) is 0 Å². The van der Waals surface area contributed by atoms with Crippen LogP contribution in [-0.2, 0) is 0 Å². The molecule has 0 aromatic carbocycles. The molecule has 0 aliphatic rings. The highest BCUT2D eigenvalue weighted by Gasteiger charge is 2.17. The zero-order chi connectivity index (χ0) is 11.5. The van der Waals surface area contributed by atoms with Gasteiger partial charge in [-0.1, -0.05) is 11.6 Å². The predicted molar refractivity (Wildman–Crippen MR) is 62.7 cm³/mol. The number of thiophene rings is 1. The molecular formula is C10H9ClFN3S. The van der Waals surface area contributed by atoms with Gasteiger partial charge in [-0.15, -0.1) is 11.3 Å². The summed E-state index contributed by atoms with van der Waals surface area (Å²) in [5.74, 6) is 5.07. The van der Waals surface area contributed by atoms with Gasteiger partial charge in [0, 0.05) is 11.1 Å². The monoisotopic (exact) mass is 257 g/mol. The van der Waals surface area contributed by atoms with Crippen LogP contribution in [0.4, 0.5) is 4.39 Å². The van der Waals surface area contributed by atoms with Gasteiger partial charge in [-0.25, -0.2) is 9.82 Å². The Kier molecular flexibility index (Phi) is 3.50. The van der Waals surface area contributed by atoms with Crippen LogP contribution in [0.25, 0.3) is 0 Å². The maximum absolute atomic E-state index is 13.0. The Balaban J connectivity index is 2.40. The maximum Gasteiger partial charge on any atom is 0.141 e. The number of hydrogen-bond donors (Lipinski definition) is 2. The van der Waals surface area contributed by atoms with Crippen LogP contribution < -0.4 is 11.3 Å². The molecule has 6 heteroatoms. The molecule has 0 fully saturated rings. The lowest BCUT2D eigenvalue weighted by molar-refractivity contribution is 0.601. The lowest BCUT2D eigenvalue weighted by Crippen LogP contribution is -2.28. The third kappa shape index (κ3) is 2.22. The first-order valence-electron chi connectivity index (χ1n) is 4.52. The van der Waals surface area contributed by atoms with Crippen LogP contribution in [0.1, 0.15) is 16.5 Å². The second-order valence-corrected chi connectivity index (χ2v) is 4.52. The fraction of sp³-hybridized carbons (Fsp3) is 0.100. The molecular weight excluding hydrogens is 249 g/mol. The van der Waals surface area contributed by atoms with Crippen molar-refractivity contribution in [1.82, 2.24) is 10.4 Å². The Morgan fingerprint density at radius 3 is 2.88 bits per heavy atom. The molecule has 16 heavy (non-hydrogen) atoms. The number of hydrogen-bond acceptors (Lipinski definition) is 4. The first kappa shape index (κ1) is 11.5. The number of nitrogens with two attached hydrogens (primary N) is 1. The summed E-state index contributed by atoms with van der Waals surface area (Å²) in [5.41, 5.74) is 3.25. The van der Waals surface area contributed by atoms with E-state index in [1.54, 1.807) is 12.3 Å². The molecule has 0 radical (unpaired) electrons. The largest absolute Gasteiger partial charge is 0.271 e. The van der Waals surface area contributed by atoms with Gasteiger partial charge in [0.2, 0.25) is 0 Å². The van der Waals surface area contributed by atoms with Gasteiger partial charge in [-0.3, -0.25) is 10.8 Å². The number of halogens is 2. The van der Waals surface area contributed by atoms with E-state index in [1.165, 1.54) is 17.4 Å². The Morgan fingerprint density at radius 2 is 2.31 bits per heavy atom. The minimum atomic E-state index is -0.398. The summed E-state index contributed by atoms with van der Waals surface area (Å²) >= 11 is 7.46. The third-order valence-electron chi connectivity index (χ3n) is 2.13. The number of rotatable bonds is 3. The summed E-state index contributed by atoms with van der Waals surface area (Å²) in [4.78, 5) is 4.63. The Labute approximate surface area is 101 Å². The first-order chi connectivity index (χ1) is 7.72. The molecule has 3 nitrogen and oxygen atoms in total. The summed E-state index contributed by atoms with van der Waals surface area (Å²) < 4.78 is 13.0. The van der Waals surface area contributed by atoms with Crippen molar-refractivity contribution in [3.05, 3.63) is 51.2 Å². The summed E-state index contributed by atoms with van der Waals surface area (Å²) in [7, 11) is 0. The highest BCUT2D eigenvalue weighted by atomic mass is 35.5. The van der Waals surface area contributed by atoms with E-state index in [0.717, 1.165) is 11.1 Å². The minimum absolute atomic E-state index is 0.337. The molecule has 2 rings (SSSR count). The summed E-state index contributed by atoms with van der Waals surface area (Å²) in [6.07, 6.45) is 2.71. The van der Waals surface area contributed by atoms with E-state index in [1.807, 2.05) is 5.38 Å². The lowest BCUT2D eigenvalue weighted by Gasteiger charge is -2.14. The number of nitrogens with one attached hydrogen (secondary N) is 1. The molecule has 0 amide bonds. The van der Waals surface area contributed by atoms with E-state index >= 15 is 0 Å². The highest BCUT2D eigenvalue weighted by molar-refractivity contribution is 7.10. The average molecular weight is 258 g/mol. The Bertz CT molecular complexity index is 488. The van der Waals surface area contributed by atoms with Crippen molar-refractivity contribution in [2.24, 2.45) is 5.84 Å². The van der Waals surface area contributed by atoms with E-state index in [2.05, 4.69) is 10.4 Å². The molecule has 0 spiro atoms. The summed E-state index contributed by atoms with van der Waals surface area (Å²) in [6.45, 7) is 0. The maximum atomic E-state index is 13.0. The second kappa shape index (κ2) is 4.88. The van der Waals surface area contributed by atoms with Crippen LogP contribution in [-0.4, -0.2) is 4.98 Å². The lowest BCUT2D eigenvalue weighted by atomic mass is 10.1. The topological polar surface area (TPSA) is 50.9 Å². The Morgan fingerprint density at radius 1 is 1.50 bits per heavy atom. The molecule has 0 aliphatic heterocycles. The van der Waals surface area contributed by atoms with Crippen molar-refractivity contribution < 1.29 is 4.39 Å². The van der Waals surface area contributed by atoms with Crippen molar-refractivity contribution in [2.45, 2.75) is 6.04 Å². The Hall–Kier alpha value is -1.01. The van der Waals surface area contributed by atoms with Gasteiger partial charge in [0.1, 0.15) is 5.82 Å². The van der Waals surface area contributed by atoms with Crippen LogP contribution in [0.3, 0.4) is 0 Å². The van der Waals surface area contributed by atoms with E-state index in [4.69, 9.17) is 17.4 Å². The summed E-state index contributed by atoms with van der Waals surface area (Å²) in [5, 5.41) is 2.46. The molecule has 1 unspecified atom stereocenters. The standard InChI is InChI=1S/C10H9ClFN3S/c11-8-1-2-16-10(8)9(15-13)6-3-7(12)5-14-4-6/h1-5,9,15H,13H2. The first-order valence-corrected chi connectivity index (χ1v) is 5.77. The number of nitrogens with zero attached hydrogens (tertiary/aromatic N) is 1. The normalized spacial score (nSPS) is 12.7. The molecule has 0 saturated heterocycles. The van der Waals surface area contributed by atoms with Gasteiger partial charge in [-0.05, 0) is 23.1 Å². The van der Waals surface area contributed by atoms with E-state index in [0.29, 0.717) is 10.6 Å². The fourth-order valence-electron chi connectivity index (χ4n) is 1.42. The third-order valence-corrected chi connectivity index (χ3v) is 3.56. The molecule has 0 saturated carbocycles. The second-order valence-electron chi connectivity index (χ2n) is 3.17. The number of pyridine rings is 1. The number of hydrazine groups is 1. The zero-order valence-corrected chi connectivity index (χ0v) is 9.73. The van der Waals surface area contributed by atoms with Crippen molar-refractivity contribution in [3.63, 3.8) is 0 Å². The van der Waals surface area contributed by atoms with Gasteiger partial charge in [0.15, 0.2) is 0 Å². The quantitative estimate of drug-likeness (QED) is 0.656. The van der Waals surface area contributed by atoms with E-state index < -0.39 is 5.82 Å². The number of aromatic nitrogens is 1. The average Bonchev–Trinajstić information content (AvgIpc) is 2.67. The molecule has 2 heterocycles. The predicted octanol–water partition coefficient (Wildman–Crippen LogP) is 2.49. The van der Waals surface area contributed by atoms with Crippen LogP contribution >= 0.6 is 22.9 Å². The van der Waals surface area contributed by atoms with Crippen molar-refractivity contribution in [2.75, 3.05) is 0 Å². The smallest absolute Gasteiger partial charge is 0.141 e. The molecule has 84 valence electrons. The van der Waals surface area contributed by atoms with E-state index in [9.17, 15) is 4.39 Å². The minimum Gasteiger partial charge on any atom is -0.271 e. The van der Waals surface area contributed by atoms with E-state index in [-0.39, 0.29) is 6.04 Å². The zero-order valence-electron chi connectivity index (χ0n) is 8.15. The van der Waals surface area contributed by atoms with Gasteiger partial charge in [0.25, 0.3) is 0 Å². The summed E-state index contributed by atoms with van der Waals surface area (Å²) in [6, 6.07) is 2.82. The van der Waals surface area contributed by atoms with Crippen molar-refractivity contribution in [1.29, 1.82) is 0 Å².